The van der Waals surface area contributed by atoms with Crippen molar-refractivity contribution in [3.8, 4) is 11.5 Å². The third-order valence-electron chi connectivity index (χ3n) is 9.37. The molecule has 9 nitrogen and oxygen atoms in total. The topological polar surface area (TPSA) is 121 Å². The van der Waals surface area contributed by atoms with Gasteiger partial charge in [0.25, 0.3) is 0 Å². The average Bonchev–Trinajstić information content (AvgIpc) is 3.10. The number of rotatable bonds is 13. The Bertz CT molecular complexity index is 1880. The third kappa shape index (κ3) is 6.41. The number of carbonyl (C=O) groups excluding carboxylic acids is 2. The van der Waals surface area contributed by atoms with Gasteiger partial charge in [-0.3, -0.25) is 4.79 Å². The fourth-order valence-electron chi connectivity index (χ4n) is 6.91. The van der Waals surface area contributed by atoms with Gasteiger partial charge in [-0.2, -0.15) is 0 Å². The Kier molecular flexibility index (Phi) is 9.53. The van der Waals surface area contributed by atoms with E-state index < -0.39 is 29.1 Å². The molecule has 0 saturated carbocycles. The lowest BCUT2D eigenvalue weighted by molar-refractivity contribution is -0.167. The number of esters is 2. The van der Waals surface area contributed by atoms with Gasteiger partial charge in [-0.05, 0) is 45.4 Å². The molecule has 3 atom stereocenters. The van der Waals surface area contributed by atoms with Crippen molar-refractivity contribution in [3.05, 3.63) is 119 Å². The second-order valence-electron chi connectivity index (χ2n) is 13.4. The lowest BCUT2D eigenvalue weighted by atomic mass is 9.54. The lowest BCUT2D eigenvalue weighted by Gasteiger charge is -2.54. The minimum Gasteiger partial charge on any atom is -0.491 e. The van der Waals surface area contributed by atoms with E-state index in [1.165, 1.54) is 0 Å². The molecule has 0 heterocycles. The Morgan fingerprint density at radius 2 is 1.33 bits per heavy atom. The number of hydrogen-bond acceptors (Lipinski definition) is 9. The molecule has 0 fully saturated rings. The number of carbonyl (C=O) groups is 2. The number of hydrogen-bond donors (Lipinski definition) is 2. The molecule has 0 amide bonds. The molecule has 256 valence electrons. The molecule has 7 rings (SSSR count). The van der Waals surface area contributed by atoms with Gasteiger partial charge in [0.1, 0.15) is 49.1 Å². The Hall–Kier alpha value is -4.70. The summed E-state index contributed by atoms with van der Waals surface area (Å²) in [5.74, 6) is -0.845. The Balaban J connectivity index is 1.10. The summed E-state index contributed by atoms with van der Waals surface area (Å²) in [7, 11) is 0. The standard InChI is InChI=1S/C40H42O9/c1-5-36(41)48-21-19-45-18-20-46-34-16-17-35(28-11-7-6-10-27(28)34)47-22-23-49-37(42)33-25-39(43)29-12-8-9-13-30(29)40(33,44)31-15-14-26(24-32(31)39)38(2,3)4/h5-17,24,33,43-44H,1,18-23,25H2,2-4H3. The van der Waals surface area contributed by atoms with E-state index in [2.05, 4.69) is 27.4 Å². The van der Waals surface area contributed by atoms with Crippen molar-refractivity contribution in [2.24, 2.45) is 5.92 Å². The van der Waals surface area contributed by atoms with Crippen molar-refractivity contribution in [1.82, 2.24) is 0 Å². The van der Waals surface area contributed by atoms with Gasteiger partial charge in [0.05, 0.1) is 19.1 Å². The molecule has 9 heteroatoms. The summed E-state index contributed by atoms with van der Waals surface area (Å²) in [6, 6.07) is 24.3. The molecule has 4 aromatic rings. The van der Waals surface area contributed by atoms with Crippen LogP contribution in [-0.4, -0.2) is 61.8 Å². The summed E-state index contributed by atoms with van der Waals surface area (Å²) in [4.78, 5) is 24.8. The van der Waals surface area contributed by atoms with Gasteiger partial charge < -0.3 is 33.9 Å². The second-order valence-corrected chi connectivity index (χ2v) is 13.4. The highest BCUT2D eigenvalue weighted by Gasteiger charge is 2.62. The maximum atomic E-state index is 13.7. The Labute approximate surface area is 286 Å². The van der Waals surface area contributed by atoms with Gasteiger partial charge in [0.15, 0.2) is 0 Å². The van der Waals surface area contributed by atoms with E-state index >= 15 is 0 Å². The smallest absolute Gasteiger partial charge is 0.330 e. The van der Waals surface area contributed by atoms with E-state index in [1.807, 2.05) is 60.7 Å². The van der Waals surface area contributed by atoms with Gasteiger partial charge in [-0.25, -0.2) is 4.79 Å². The molecule has 4 aromatic carbocycles. The summed E-state index contributed by atoms with van der Waals surface area (Å²) in [6.07, 6.45) is 1.10. The highest BCUT2D eigenvalue weighted by atomic mass is 16.6. The number of benzene rings is 4. The van der Waals surface area contributed by atoms with Gasteiger partial charge in [-0.1, -0.05) is 94.1 Å². The van der Waals surface area contributed by atoms with E-state index in [0.29, 0.717) is 47.0 Å². The summed E-state index contributed by atoms with van der Waals surface area (Å²) < 4.78 is 28.1. The molecule has 3 aliphatic rings. The van der Waals surface area contributed by atoms with Crippen LogP contribution in [-0.2, 0) is 40.4 Å². The summed E-state index contributed by atoms with van der Waals surface area (Å²) >= 11 is 0. The van der Waals surface area contributed by atoms with E-state index in [0.717, 1.165) is 22.4 Å². The van der Waals surface area contributed by atoms with Crippen LogP contribution in [0.15, 0.2) is 91.5 Å². The van der Waals surface area contributed by atoms with Crippen LogP contribution in [0, 0.1) is 5.92 Å². The van der Waals surface area contributed by atoms with Crippen LogP contribution in [0.5, 0.6) is 11.5 Å². The zero-order valence-corrected chi connectivity index (χ0v) is 28.1. The average molecular weight is 667 g/mol. The van der Waals surface area contributed by atoms with Crippen molar-refractivity contribution < 1.29 is 43.5 Å². The first-order valence-electron chi connectivity index (χ1n) is 16.5. The van der Waals surface area contributed by atoms with Gasteiger partial charge >= 0.3 is 11.9 Å². The molecule has 2 bridgehead atoms. The normalized spacial score (nSPS) is 20.6. The second kappa shape index (κ2) is 13.7. The summed E-state index contributed by atoms with van der Waals surface area (Å²) in [6.45, 7) is 10.7. The first-order valence-corrected chi connectivity index (χ1v) is 16.5. The van der Waals surface area contributed by atoms with Crippen molar-refractivity contribution in [2.75, 3.05) is 39.6 Å². The largest absolute Gasteiger partial charge is 0.491 e. The number of ether oxygens (including phenoxy) is 5. The van der Waals surface area contributed by atoms with Crippen LogP contribution in [0.1, 0.15) is 55.0 Å². The zero-order valence-electron chi connectivity index (χ0n) is 28.1. The predicted molar refractivity (Wildman–Crippen MR) is 184 cm³/mol. The number of fused-ring (bicyclic) bond motifs is 2. The number of aliphatic hydroxyl groups is 2. The van der Waals surface area contributed by atoms with Gasteiger partial charge in [0.2, 0.25) is 0 Å². The van der Waals surface area contributed by atoms with Crippen LogP contribution >= 0.6 is 0 Å². The van der Waals surface area contributed by atoms with Crippen molar-refractivity contribution in [1.29, 1.82) is 0 Å². The highest BCUT2D eigenvalue weighted by molar-refractivity contribution is 5.93. The Morgan fingerprint density at radius 1 is 0.755 bits per heavy atom. The summed E-state index contributed by atoms with van der Waals surface area (Å²) in [5, 5.41) is 26.3. The molecular formula is C40H42O9. The first kappa shape index (κ1) is 34.2. The molecule has 3 aliphatic carbocycles. The van der Waals surface area contributed by atoms with Crippen LogP contribution in [0.4, 0.5) is 0 Å². The van der Waals surface area contributed by atoms with E-state index in [-0.39, 0.29) is 38.3 Å². The summed E-state index contributed by atoms with van der Waals surface area (Å²) in [5.41, 5.74) is 0.0578. The van der Waals surface area contributed by atoms with Crippen molar-refractivity contribution in [2.45, 2.75) is 43.8 Å². The molecule has 0 aromatic heterocycles. The minimum absolute atomic E-state index is 0.000698. The van der Waals surface area contributed by atoms with Crippen LogP contribution in [0.3, 0.4) is 0 Å². The molecule has 3 unspecified atom stereocenters. The highest BCUT2D eigenvalue weighted by Crippen LogP contribution is 2.60. The molecule has 0 radical (unpaired) electrons. The molecular weight excluding hydrogens is 624 g/mol. The lowest BCUT2D eigenvalue weighted by Crippen LogP contribution is -2.57. The van der Waals surface area contributed by atoms with Crippen LogP contribution in [0.2, 0.25) is 0 Å². The van der Waals surface area contributed by atoms with Crippen molar-refractivity contribution in [3.63, 3.8) is 0 Å². The van der Waals surface area contributed by atoms with Gasteiger partial charge in [0, 0.05) is 23.3 Å². The van der Waals surface area contributed by atoms with E-state index in [9.17, 15) is 19.8 Å². The van der Waals surface area contributed by atoms with Crippen LogP contribution in [0.25, 0.3) is 10.8 Å². The van der Waals surface area contributed by atoms with Crippen molar-refractivity contribution >= 4 is 22.7 Å². The quantitative estimate of drug-likeness (QED) is 0.105. The predicted octanol–water partition coefficient (Wildman–Crippen LogP) is 5.69. The van der Waals surface area contributed by atoms with Gasteiger partial charge in [-0.15, -0.1) is 0 Å². The minimum atomic E-state index is -1.65. The molecule has 2 N–H and O–H groups in total. The fraction of sp³-hybridized carbons (Fsp3) is 0.350. The SMILES string of the molecule is C=CC(=O)OCCOCCOc1ccc(OCCOC(=O)C2CC3(O)c4ccccc4C2(O)c2ccc(C(C)(C)C)cc23)c2ccccc12. The fourth-order valence-corrected chi connectivity index (χ4v) is 6.91. The maximum Gasteiger partial charge on any atom is 0.330 e. The van der Waals surface area contributed by atoms with E-state index in [4.69, 9.17) is 23.7 Å². The Morgan fingerprint density at radius 3 is 1.98 bits per heavy atom. The maximum absolute atomic E-state index is 13.7. The first-order chi connectivity index (χ1) is 23.5. The van der Waals surface area contributed by atoms with Crippen LogP contribution < -0.4 is 9.47 Å². The third-order valence-corrected chi connectivity index (χ3v) is 9.37. The molecule has 0 spiro atoms. The monoisotopic (exact) mass is 666 g/mol. The molecule has 0 aliphatic heterocycles. The molecule has 49 heavy (non-hydrogen) atoms. The molecule has 0 saturated heterocycles. The zero-order chi connectivity index (χ0) is 34.8. The van der Waals surface area contributed by atoms with E-state index in [1.54, 1.807) is 18.2 Å².